The van der Waals surface area contributed by atoms with Crippen molar-refractivity contribution >= 4 is 27.3 Å². The van der Waals surface area contributed by atoms with Crippen LogP contribution in [-0.2, 0) is 21.2 Å². The molecule has 1 heterocycles. The van der Waals surface area contributed by atoms with Gasteiger partial charge in [0, 0.05) is 25.3 Å². The molecule has 0 saturated heterocycles. The SMILES string of the molecule is CCCOc1ccc(N(CC(=O)NCCCN2CCc3ccccc32)S(C)(=O)=O)cc1. The van der Waals surface area contributed by atoms with E-state index in [0.29, 0.717) is 24.6 Å². The van der Waals surface area contributed by atoms with Crippen LogP contribution in [0, 0.1) is 0 Å². The standard InChI is InChI=1S/C23H31N3O4S/c1-3-17-30-21-11-9-20(10-12-21)26(31(2,28)29)18-23(27)24-14-6-15-25-16-13-19-7-4-5-8-22(19)25/h4-5,7-12H,3,6,13-18H2,1-2H3,(H,24,27). The maximum atomic E-state index is 12.4. The summed E-state index contributed by atoms with van der Waals surface area (Å²) in [6.45, 7) is 4.71. The Hall–Kier alpha value is -2.74. The molecule has 1 aliphatic rings. The van der Waals surface area contributed by atoms with Crippen molar-refractivity contribution in [3.05, 3.63) is 54.1 Å². The van der Waals surface area contributed by atoms with Gasteiger partial charge in [-0.1, -0.05) is 25.1 Å². The molecule has 1 N–H and O–H groups in total. The van der Waals surface area contributed by atoms with Crippen molar-refractivity contribution in [3.8, 4) is 5.75 Å². The van der Waals surface area contributed by atoms with E-state index in [9.17, 15) is 13.2 Å². The largest absolute Gasteiger partial charge is 0.494 e. The number of ether oxygens (including phenoxy) is 1. The molecule has 2 aromatic carbocycles. The number of amides is 1. The van der Waals surface area contributed by atoms with Crippen molar-refractivity contribution in [1.29, 1.82) is 0 Å². The Morgan fingerprint density at radius 2 is 1.90 bits per heavy atom. The molecule has 168 valence electrons. The van der Waals surface area contributed by atoms with Crippen LogP contribution in [-0.4, -0.2) is 53.4 Å². The third-order valence-corrected chi connectivity index (χ3v) is 6.34. The van der Waals surface area contributed by atoms with Gasteiger partial charge in [-0.15, -0.1) is 0 Å². The summed E-state index contributed by atoms with van der Waals surface area (Å²) in [5.74, 6) is 0.352. The molecule has 0 unspecified atom stereocenters. The minimum absolute atomic E-state index is 0.249. The van der Waals surface area contributed by atoms with Gasteiger partial charge >= 0.3 is 0 Å². The Morgan fingerprint density at radius 3 is 2.61 bits per heavy atom. The topological polar surface area (TPSA) is 79.0 Å². The molecule has 0 saturated carbocycles. The fourth-order valence-electron chi connectivity index (χ4n) is 3.65. The molecule has 8 heteroatoms. The molecule has 1 aliphatic heterocycles. The summed E-state index contributed by atoms with van der Waals surface area (Å²) in [4.78, 5) is 14.7. The minimum atomic E-state index is -3.60. The summed E-state index contributed by atoms with van der Waals surface area (Å²) >= 11 is 0. The van der Waals surface area contributed by atoms with Gasteiger partial charge in [-0.25, -0.2) is 8.42 Å². The first-order chi connectivity index (χ1) is 14.9. The molecule has 0 radical (unpaired) electrons. The third kappa shape index (κ3) is 6.37. The highest BCUT2D eigenvalue weighted by Gasteiger charge is 2.21. The average Bonchev–Trinajstić information content (AvgIpc) is 3.16. The number of carbonyl (C=O) groups excluding carboxylic acids is 1. The second-order valence-electron chi connectivity index (χ2n) is 7.68. The first-order valence-corrected chi connectivity index (χ1v) is 12.5. The van der Waals surface area contributed by atoms with Crippen molar-refractivity contribution in [2.24, 2.45) is 0 Å². The highest BCUT2D eigenvalue weighted by Crippen LogP contribution is 2.27. The van der Waals surface area contributed by atoms with Crippen LogP contribution in [0.1, 0.15) is 25.3 Å². The highest BCUT2D eigenvalue weighted by molar-refractivity contribution is 7.92. The summed E-state index contributed by atoms with van der Waals surface area (Å²) in [7, 11) is -3.60. The van der Waals surface area contributed by atoms with Gasteiger partial charge < -0.3 is 15.0 Å². The number of anilines is 2. The Labute approximate surface area is 185 Å². The van der Waals surface area contributed by atoms with Gasteiger partial charge in [-0.3, -0.25) is 9.10 Å². The van der Waals surface area contributed by atoms with Crippen LogP contribution < -0.4 is 19.3 Å². The molecule has 2 aromatic rings. The molecule has 3 rings (SSSR count). The number of nitrogens with one attached hydrogen (secondary N) is 1. The average molecular weight is 446 g/mol. The second kappa shape index (κ2) is 10.5. The lowest BCUT2D eigenvalue weighted by Gasteiger charge is -2.22. The van der Waals surface area contributed by atoms with Crippen molar-refractivity contribution in [2.75, 3.05) is 48.2 Å². The van der Waals surface area contributed by atoms with Crippen LogP contribution in [0.15, 0.2) is 48.5 Å². The van der Waals surface area contributed by atoms with Gasteiger partial charge in [0.05, 0.1) is 18.6 Å². The Kier molecular flexibility index (Phi) is 7.79. The highest BCUT2D eigenvalue weighted by atomic mass is 32.2. The molecular formula is C23H31N3O4S. The van der Waals surface area contributed by atoms with Crippen molar-refractivity contribution < 1.29 is 17.9 Å². The van der Waals surface area contributed by atoms with E-state index in [1.807, 2.05) is 13.0 Å². The number of fused-ring (bicyclic) bond motifs is 1. The fourth-order valence-corrected chi connectivity index (χ4v) is 4.51. The van der Waals surface area contributed by atoms with E-state index in [1.165, 1.54) is 11.3 Å². The van der Waals surface area contributed by atoms with Gasteiger partial charge in [0.2, 0.25) is 15.9 Å². The van der Waals surface area contributed by atoms with Crippen LogP contribution in [0.5, 0.6) is 5.75 Å². The predicted octanol–water partition coefficient (Wildman–Crippen LogP) is 2.81. The molecule has 0 aliphatic carbocycles. The van der Waals surface area contributed by atoms with E-state index >= 15 is 0 Å². The van der Waals surface area contributed by atoms with E-state index in [4.69, 9.17) is 4.74 Å². The lowest BCUT2D eigenvalue weighted by molar-refractivity contribution is -0.119. The molecule has 0 spiro atoms. The van der Waals surface area contributed by atoms with Crippen LogP contribution in [0.4, 0.5) is 11.4 Å². The zero-order chi connectivity index (χ0) is 22.3. The van der Waals surface area contributed by atoms with Crippen molar-refractivity contribution in [2.45, 2.75) is 26.2 Å². The van der Waals surface area contributed by atoms with Crippen LogP contribution in [0.25, 0.3) is 0 Å². The lowest BCUT2D eigenvalue weighted by Crippen LogP contribution is -2.41. The molecule has 0 bridgehead atoms. The van der Waals surface area contributed by atoms with Crippen molar-refractivity contribution in [1.82, 2.24) is 5.32 Å². The number of carbonyl (C=O) groups is 1. The van der Waals surface area contributed by atoms with Gasteiger partial charge in [0.25, 0.3) is 0 Å². The van der Waals surface area contributed by atoms with Crippen LogP contribution >= 0.6 is 0 Å². The Balaban J connectivity index is 1.50. The monoisotopic (exact) mass is 445 g/mol. The maximum absolute atomic E-state index is 12.4. The fraction of sp³-hybridized carbons (Fsp3) is 0.435. The molecule has 0 aromatic heterocycles. The minimum Gasteiger partial charge on any atom is -0.494 e. The van der Waals surface area contributed by atoms with E-state index in [2.05, 4.69) is 28.4 Å². The normalized spacial score (nSPS) is 13.0. The molecule has 0 atom stereocenters. The maximum Gasteiger partial charge on any atom is 0.240 e. The number of hydrogen-bond acceptors (Lipinski definition) is 5. The van der Waals surface area contributed by atoms with Gasteiger partial charge in [0.15, 0.2) is 0 Å². The quantitative estimate of drug-likeness (QED) is 0.538. The number of para-hydroxylation sites is 1. The Bertz CT molecular complexity index is 977. The Morgan fingerprint density at radius 1 is 1.16 bits per heavy atom. The van der Waals surface area contributed by atoms with Crippen LogP contribution in [0.3, 0.4) is 0 Å². The first-order valence-electron chi connectivity index (χ1n) is 10.7. The summed E-state index contributed by atoms with van der Waals surface area (Å²) < 4.78 is 31.2. The number of nitrogens with zero attached hydrogens (tertiary/aromatic N) is 2. The molecular weight excluding hydrogens is 414 g/mol. The summed E-state index contributed by atoms with van der Waals surface area (Å²) in [6.07, 6.45) is 3.84. The van der Waals surface area contributed by atoms with Crippen LogP contribution in [0.2, 0.25) is 0 Å². The van der Waals surface area contributed by atoms with E-state index < -0.39 is 10.0 Å². The predicted molar refractivity (Wildman–Crippen MR) is 124 cm³/mol. The summed E-state index contributed by atoms with van der Waals surface area (Å²) in [6, 6.07) is 15.1. The first kappa shape index (κ1) is 22.9. The van der Waals surface area contributed by atoms with E-state index in [0.717, 1.165) is 42.9 Å². The molecule has 0 fully saturated rings. The van der Waals surface area contributed by atoms with E-state index in [1.54, 1.807) is 24.3 Å². The third-order valence-electron chi connectivity index (χ3n) is 5.20. The molecule has 1 amide bonds. The molecule has 31 heavy (non-hydrogen) atoms. The van der Waals surface area contributed by atoms with Gasteiger partial charge in [0.1, 0.15) is 12.3 Å². The second-order valence-corrected chi connectivity index (χ2v) is 9.59. The number of benzene rings is 2. The lowest BCUT2D eigenvalue weighted by atomic mass is 10.2. The molecule has 7 nitrogen and oxygen atoms in total. The summed E-state index contributed by atoms with van der Waals surface area (Å²) in [5.41, 5.74) is 3.07. The van der Waals surface area contributed by atoms with E-state index in [-0.39, 0.29) is 12.5 Å². The summed E-state index contributed by atoms with van der Waals surface area (Å²) in [5, 5.41) is 2.85. The number of hydrogen-bond donors (Lipinski definition) is 1. The smallest absolute Gasteiger partial charge is 0.240 e. The number of rotatable bonds is 11. The van der Waals surface area contributed by atoms with Gasteiger partial charge in [-0.05, 0) is 55.2 Å². The zero-order valence-electron chi connectivity index (χ0n) is 18.2. The van der Waals surface area contributed by atoms with Gasteiger partial charge in [-0.2, -0.15) is 0 Å². The number of sulfonamides is 1. The zero-order valence-corrected chi connectivity index (χ0v) is 19.0. The van der Waals surface area contributed by atoms with Crippen molar-refractivity contribution in [3.63, 3.8) is 0 Å².